The largest absolute Gasteiger partial charge is 0.272 e. The molecule has 0 aliphatic carbocycles. The maximum absolute atomic E-state index is 13.4. The molecule has 0 saturated heterocycles. The fourth-order valence-electron chi connectivity index (χ4n) is 3.00. The van der Waals surface area contributed by atoms with Crippen molar-refractivity contribution in [2.24, 2.45) is 10.9 Å². The van der Waals surface area contributed by atoms with Crippen LogP contribution in [0, 0.1) is 5.92 Å². The molecule has 4 nitrogen and oxygen atoms in total. The summed E-state index contributed by atoms with van der Waals surface area (Å²) in [4.78, 5) is 4.64. The molecule has 26 heavy (non-hydrogen) atoms. The number of aliphatic imine (C=N–C) groups is 1. The first-order valence-electron chi connectivity index (χ1n) is 8.78. The molecule has 0 fully saturated rings. The smallest absolute Gasteiger partial charge is 0.264 e. The summed E-state index contributed by atoms with van der Waals surface area (Å²) in [5.74, 6) is 0.211. The quantitative estimate of drug-likeness (QED) is 0.657. The van der Waals surface area contributed by atoms with Gasteiger partial charge in [-0.25, -0.2) is 8.42 Å². The molecule has 1 aliphatic heterocycles. The van der Waals surface area contributed by atoms with Crippen molar-refractivity contribution in [2.75, 3.05) is 10.8 Å². The van der Waals surface area contributed by atoms with Crippen LogP contribution < -0.4 is 4.31 Å². The molecule has 3 rings (SSSR count). The Morgan fingerprint density at radius 3 is 2.46 bits per heavy atom. The van der Waals surface area contributed by atoms with Crippen LogP contribution in [-0.2, 0) is 23.0 Å². The molecule has 2 aromatic carbocycles. The highest BCUT2D eigenvalue weighted by Gasteiger charge is 2.27. The van der Waals surface area contributed by atoms with Crippen molar-refractivity contribution in [3.63, 3.8) is 0 Å². The van der Waals surface area contributed by atoms with Crippen molar-refractivity contribution in [1.29, 1.82) is 0 Å². The maximum Gasteiger partial charge on any atom is 0.264 e. The second kappa shape index (κ2) is 7.53. The van der Waals surface area contributed by atoms with Crippen LogP contribution >= 0.6 is 15.9 Å². The third-order valence-corrected chi connectivity index (χ3v) is 6.91. The molecule has 138 valence electrons. The second-order valence-corrected chi connectivity index (χ2v) is 9.49. The first-order valence-corrected chi connectivity index (χ1v) is 11.0. The zero-order chi connectivity index (χ0) is 18.9. The van der Waals surface area contributed by atoms with Crippen LogP contribution in [0.4, 0.5) is 5.69 Å². The third kappa shape index (κ3) is 3.71. The van der Waals surface area contributed by atoms with Gasteiger partial charge in [0.05, 0.1) is 17.1 Å². The van der Waals surface area contributed by atoms with Gasteiger partial charge in [-0.05, 0) is 63.7 Å². The van der Waals surface area contributed by atoms with Crippen LogP contribution in [0.1, 0.15) is 37.5 Å². The first kappa shape index (κ1) is 19.1. The zero-order valence-corrected chi connectivity index (χ0v) is 17.6. The number of hydrogen-bond donors (Lipinski definition) is 0. The number of fused-ring (bicyclic) bond motifs is 1. The van der Waals surface area contributed by atoms with E-state index in [1.807, 2.05) is 44.2 Å². The average Bonchev–Trinajstić information content (AvgIpc) is 3.00. The number of hydrogen-bond acceptors (Lipinski definition) is 3. The Kier molecular flexibility index (Phi) is 5.53. The summed E-state index contributed by atoms with van der Waals surface area (Å²) in [7, 11) is -3.64. The van der Waals surface area contributed by atoms with Crippen molar-refractivity contribution in [1.82, 2.24) is 0 Å². The van der Waals surface area contributed by atoms with Crippen LogP contribution in [0.15, 0.2) is 52.4 Å². The highest BCUT2D eigenvalue weighted by Crippen LogP contribution is 2.29. The molecule has 2 aromatic rings. The Labute approximate surface area is 164 Å². The Balaban J connectivity index is 2.02. The highest BCUT2D eigenvalue weighted by atomic mass is 79.9. The first-order chi connectivity index (χ1) is 12.3. The molecule has 0 unspecified atom stereocenters. The number of anilines is 1. The van der Waals surface area contributed by atoms with Crippen molar-refractivity contribution in [3.05, 3.63) is 59.2 Å². The number of halogens is 1. The van der Waals surface area contributed by atoms with E-state index in [1.54, 1.807) is 12.1 Å². The summed E-state index contributed by atoms with van der Waals surface area (Å²) in [6.45, 7) is 7.08. The fourth-order valence-corrected chi connectivity index (χ4v) is 5.19. The minimum Gasteiger partial charge on any atom is -0.272 e. The predicted octanol–water partition coefficient (Wildman–Crippen LogP) is 4.76. The van der Waals surface area contributed by atoms with E-state index in [-0.39, 0.29) is 5.92 Å². The van der Waals surface area contributed by atoms with Crippen molar-refractivity contribution >= 4 is 36.3 Å². The molecule has 0 N–H and O–H groups in total. The van der Waals surface area contributed by atoms with Gasteiger partial charge in [0.2, 0.25) is 0 Å². The van der Waals surface area contributed by atoms with Gasteiger partial charge in [-0.3, -0.25) is 9.30 Å². The monoisotopic (exact) mass is 434 g/mol. The van der Waals surface area contributed by atoms with Crippen LogP contribution in [0.2, 0.25) is 0 Å². The standard InChI is InChI=1S/C20H23BrN2O2S/c1-4-15-5-7-17(8-6-15)23(13-14(2)3)26(24,25)18-9-10-19-16(11-18)12-22-20(19)21/h5-11,14H,4,12-13H2,1-3H3. The number of aryl methyl sites for hydroxylation is 1. The Morgan fingerprint density at radius 1 is 1.15 bits per heavy atom. The highest BCUT2D eigenvalue weighted by molar-refractivity contribution is 9.18. The van der Waals surface area contributed by atoms with Crippen LogP contribution in [0.25, 0.3) is 0 Å². The lowest BCUT2D eigenvalue weighted by Crippen LogP contribution is -2.34. The Hall–Kier alpha value is -1.66. The summed E-state index contributed by atoms with van der Waals surface area (Å²) >= 11 is 3.41. The molecule has 0 bridgehead atoms. The zero-order valence-electron chi connectivity index (χ0n) is 15.2. The summed E-state index contributed by atoms with van der Waals surface area (Å²) < 4.78 is 29.1. The number of benzene rings is 2. The van der Waals surface area contributed by atoms with E-state index in [0.717, 1.165) is 22.2 Å². The van der Waals surface area contributed by atoms with Crippen LogP contribution in [-0.4, -0.2) is 19.6 Å². The molecule has 0 radical (unpaired) electrons. The molecule has 1 aliphatic rings. The minimum absolute atomic E-state index is 0.211. The van der Waals surface area contributed by atoms with E-state index < -0.39 is 10.0 Å². The summed E-state index contributed by atoms with van der Waals surface area (Å²) in [5.41, 5.74) is 3.79. The van der Waals surface area contributed by atoms with E-state index in [2.05, 4.69) is 27.8 Å². The SMILES string of the molecule is CCc1ccc(N(CC(C)C)S(=O)(=O)c2ccc3c(c2)CN=C3Br)cc1. The Morgan fingerprint density at radius 2 is 1.85 bits per heavy atom. The van der Waals surface area contributed by atoms with Gasteiger partial charge in [-0.1, -0.05) is 39.0 Å². The van der Waals surface area contributed by atoms with E-state index in [1.165, 1.54) is 9.87 Å². The molecule has 0 amide bonds. The van der Waals surface area contributed by atoms with Gasteiger partial charge in [-0.2, -0.15) is 0 Å². The van der Waals surface area contributed by atoms with Crippen LogP contribution in [0.5, 0.6) is 0 Å². The Bertz CT molecular complexity index is 935. The lowest BCUT2D eigenvalue weighted by molar-refractivity contribution is 0.577. The van der Waals surface area contributed by atoms with Gasteiger partial charge in [0.15, 0.2) is 0 Å². The molecule has 1 heterocycles. The van der Waals surface area contributed by atoms with Crippen LogP contribution in [0.3, 0.4) is 0 Å². The normalized spacial score (nSPS) is 13.7. The molecular weight excluding hydrogens is 412 g/mol. The average molecular weight is 435 g/mol. The lowest BCUT2D eigenvalue weighted by Gasteiger charge is -2.26. The molecule has 0 spiro atoms. The lowest BCUT2D eigenvalue weighted by atomic mass is 10.1. The van der Waals surface area contributed by atoms with E-state index in [0.29, 0.717) is 23.7 Å². The molecule has 0 aromatic heterocycles. The maximum atomic E-state index is 13.4. The van der Waals surface area contributed by atoms with Gasteiger partial charge in [0.1, 0.15) is 4.62 Å². The second-order valence-electron chi connectivity index (χ2n) is 6.88. The van der Waals surface area contributed by atoms with Gasteiger partial charge in [0, 0.05) is 12.1 Å². The molecule has 0 atom stereocenters. The third-order valence-electron chi connectivity index (χ3n) is 4.44. The van der Waals surface area contributed by atoms with Gasteiger partial charge < -0.3 is 0 Å². The van der Waals surface area contributed by atoms with E-state index >= 15 is 0 Å². The van der Waals surface area contributed by atoms with Crippen molar-refractivity contribution in [3.8, 4) is 0 Å². The number of sulfonamides is 1. The summed E-state index contributed by atoms with van der Waals surface area (Å²) in [6, 6.07) is 13.0. The topological polar surface area (TPSA) is 49.7 Å². The van der Waals surface area contributed by atoms with Gasteiger partial charge in [-0.15, -0.1) is 0 Å². The molecule has 6 heteroatoms. The van der Waals surface area contributed by atoms with E-state index in [4.69, 9.17) is 0 Å². The summed E-state index contributed by atoms with van der Waals surface area (Å²) in [6.07, 6.45) is 0.927. The van der Waals surface area contributed by atoms with Gasteiger partial charge in [0.25, 0.3) is 10.0 Å². The molecular formula is C20H23BrN2O2S. The van der Waals surface area contributed by atoms with Gasteiger partial charge >= 0.3 is 0 Å². The van der Waals surface area contributed by atoms with Crippen molar-refractivity contribution in [2.45, 2.75) is 38.6 Å². The number of nitrogens with zero attached hydrogens (tertiary/aromatic N) is 2. The molecule has 0 saturated carbocycles. The fraction of sp³-hybridized carbons (Fsp3) is 0.350. The minimum atomic E-state index is -3.64. The number of rotatable bonds is 6. The predicted molar refractivity (Wildman–Crippen MR) is 111 cm³/mol. The van der Waals surface area contributed by atoms with Crippen molar-refractivity contribution < 1.29 is 8.42 Å². The summed E-state index contributed by atoms with van der Waals surface area (Å²) in [5, 5.41) is 0. The van der Waals surface area contributed by atoms with E-state index in [9.17, 15) is 8.42 Å².